The van der Waals surface area contributed by atoms with Crippen molar-refractivity contribution in [1.82, 2.24) is 14.9 Å². The molecule has 1 aromatic heterocycles. The van der Waals surface area contributed by atoms with E-state index in [2.05, 4.69) is 26.7 Å². The van der Waals surface area contributed by atoms with Crippen molar-refractivity contribution in [2.24, 2.45) is 5.92 Å². The molecule has 5 nitrogen and oxygen atoms in total. The number of carbonyl (C=O) groups excluding carboxylic acids is 1. The van der Waals surface area contributed by atoms with E-state index in [0.29, 0.717) is 11.3 Å². The largest absolute Gasteiger partial charge is 0.355 e. The first-order valence-electron chi connectivity index (χ1n) is 8.22. The second kappa shape index (κ2) is 7.31. The molecule has 2 aliphatic rings. The van der Waals surface area contributed by atoms with E-state index in [0.717, 1.165) is 56.9 Å². The number of carbonyl (C=O) groups is 1. The summed E-state index contributed by atoms with van der Waals surface area (Å²) in [6.07, 6.45) is 9.34. The second-order valence-corrected chi connectivity index (χ2v) is 7.26. The van der Waals surface area contributed by atoms with Gasteiger partial charge in [0.15, 0.2) is 0 Å². The highest BCUT2D eigenvalue weighted by Gasteiger charge is 2.34. The van der Waals surface area contributed by atoms with Crippen molar-refractivity contribution in [2.75, 3.05) is 30.3 Å². The van der Waals surface area contributed by atoms with E-state index in [1.165, 1.54) is 0 Å². The number of nitrogens with zero attached hydrogens (tertiary/aromatic N) is 4. The first-order chi connectivity index (χ1) is 10.8. The van der Waals surface area contributed by atoms with Crippen LogP contribution in [0.3, 0.4) is 0 Å². The number of amides is 1. The van der Waals surface area contributed by atoms with Gasteiger partial charge in [0.05, 0.1) is 11.6 Å². The summed E-state index contributed by atoms with van der Waals surface area (Å²) in [6, 6.07) is 0. The average molecular weight is 320 g/mol. The first-order valence-corrected chi connectivity index (χ1v) is 9.27. The molecule has 0 aliphatic carbocycles. The average Bonchev–Trinajstić information content (AvgIpc) is 3.04. The van der Waals surface area contributed by atoms with Gasteiger partial charge in [-0.3, -0.25) is 9.78 Å². The molecule has 1 aromatic rings. The van der Waals surface area contributed by atoms with Crippen molar-refractivity contribution in [1.29, 1.82) is 0 Å². The van der Waals surface area contributed by atoms with Crippen LogP contribution in [0.25, 0.3) is 0 Å². The summed E-state index contributed by atoms with van der Waals surface area (Å²) in [4.78, 5) is 25.6. The van der Waals surface area contributed by atoms with Gasteiger partial charge in [0.2, 0.25) is 5.91 Å². The minimum absolute atomic E-state index is 0.186. The number of anilines is 1. The summed E-state index contributed by atoms with van der Waals surface area (Å²) in [7, 11) is 0. The monoisotopic (exact) mass is 320 g/mol. The lowest BCUT2D eigenvalue weighted by Gasteiger charge is -2.35. The molecular formula is C16H24N4OS. The van der Waals surface area contributed by atoms with Crippen LogP contribution in [-0.4, -0.2) is 51.5 Å². The lowest BCUT2D eigenvalue weighted by atomic mass is 9.95. The Morgan fingerprint density at radius 3 is 2.82 bits per heavy atom. The van der Waals surface area contributed by atoms with E-state index < -0.39 is 0 Å². The first kappa shape index (κ1) is 15.6. The molecule has 0 N–H and O–H groups in total. The Kier molecular flexibility index (Phi) is 5.18. The fraction of sp³-hybridized carbons (Fsp3) is 0.688. The van der Waals surface area contributed by atoms with Crippen LogP contribution in [0.5, 0.6) is 0 Å². The Hall–Kier alpha value is -1.30. The summed E-state index contributed by atoms with van der Waals surface area (Å²) in [5.41, 5.74) is 0. The number of aromatic nitrogens is 2. The Labute approximate surface area is 136 Å². The lowest BCUT2D eigenvalue weighted by Crippen LogP contribution is -2.44. The van der Waals surface area contributed by atoms with Crippen molar-refractivity contribution in [3.8, 4) is 0 Å². The molecule has 0 aromatic carbocycles. The highest BCUT2D eigenvalue weighted by molar-refractivity contribution is 8.00. The van der Waals surface area contributed by atoms with Crippen molar-refractivity contribution in [2.45, 2.75) is 38.0 Å². The molecule has 0 radical (unpaired) electrons. The normalized spacial score (nSPS) is 23.0. The minimum Gasteiger partial charge on any atom is -0.355 e. The van der Waals surface area contributed by atoms with E-state index >= 15 is 0 Å². The Morgan fingerprint density at radius 2 is 2.14 bits per heavy atom. The van der Waals surface area contributed by atoms with E-state index in [-0.39, 0.29) is 5.92 Å². The lowest BCUT2D eigenvalue weighted by molar-refractivity contribution is -0.136. The van der Waals surface area contributed by atoms with Crippen LogP contribution in [0.15, 0.2) is 18.6 Å². The van der Waals surface area contributed by atoms with E-state index in [1.54, 1.807) is 18.6 Å². The summed E-state index contributed by atoms with van der Waals surface area (Å²) in [5.74, 6) is 2.58. The van der Waals surface area contributed by atoms with Gasteiger partial charge in [-0.25, -0.2) is 4.98 Å². The molecule has 0 bridgehead atoms. The molecule has 1 atom stereocenters. The van der Waals surface area contributed by atoms with E-state index in [9.17, 15) is 4.79 Å². The molecule has 2 saturated heterocycles. The van der Waals surface area contributed by atoms with Crippen molar-refractivity contribution < 1.29 is 4.79 Å². The maximum absolute atomic E-state index is 12.8. The van der Waals surface area contributed by atoms with Gasteiger partial charge in [-0.15, -0.1) is 11.8 Å². The van der Waals surface area contributed by atoms with Crippen LogP contribution in [0.1, 0.15) is 32.6 Å². The maximum atomic E-state index is 12.8. The van der Waals surface area contributed by atoms with Gasteiger partial charge in [-0.05, 0) is 19.3 Å². The molecule has 6 heteroatoms. The van der Waals surface area contributed by atoms with Crippen molar-refractivity contribution in [3.63, 3.8) is 0 Å². The molecule has 1 unspecified atom stereocenters. The van der Waals surface area contributed by atoms with Gasteiger partial charge in [0.25, 0.3) is 0 Å². The Bertz CT molecular complexity index is 490. The third kappa shape index (κ3) is 3.37. The zero-order chi connectivity index (χ0) is 15.4. The minimum atomic E-state index is 0.186. The van der Waals surface area contributed by atoms with Crippen molar-refractivity contribution >= 4 is 23.5 Å². The quantitative estimate of drug-likeness (QED) is 0.852. The second-order valence-electron chi connectivity index (χ2n) is 5.97. The fourth-order valence-corrected chi connectivity index (χ4v) is 4.67. The predicted octanol–water partition coefficient (Wildman–Crippen LogP) is 2.39. The molecule has 22 heavy (non-hydrogen) atoms. The molecule has 3 heterocycles. The van der Waals surface area contributed by atoms with Gasteiger partial charge in [-0.2, -0.15) is 0 Å². The summed E-state index contributed by atoms with van der Waals surface area (Å²) in [6.45, 7) is 4.92. The SMILES string of the molecule is CCCC1SCCN1C(=O)C1CCN(c2cnccn2)CC1. The van der Waals surface area contributed by atoms with E-state index in [4.69, 9.17) is 0 Å². The van der Waals surface area contributed by atoms with Crippen LogP contribution in [0.2, 0.25) is 0 Å². The van der Waals surface area contributed by atoms with Gasteiger partial charge in [0.1, 0.15) is 5.82 Å². The number of hydrogen-bond donors (Lipinski definition) is 0. The molecule has 0 saturated carbocycles. The number of thioether (sulfide) groups is 1. The third-order valence-electron chi connectivity index (χ3n) is 4.53. The number of hydrogen-bond acceptors (Lipinski definition) is 5. The van der Waals surface area contributed by atoms with Crippen molar-refractivity contribution in [3.05, 3.63) is 18.6 Å². The van der Waals surface area contributed by atoms with Crippen LogP contribution in [-0.2, 0) is 4.79 Å². The summed E-state index contributed by atoms with van der Waals surface area (Å²) >= 11 is 1.94. The van der Waals surface area contributed by atoms with Crippen LogP contribution in [0, 0.1) is 5.92 Å². The standard InChI is InChI=1S/C16H24N4OS/c1-2-3-15-20(10-11-22-15)16(21)13-4-8-19(9-5-13)14-12-17-6-7-18-14/h6-7,12-13,15H,2-5,8-11H2,1H3. The zero-order valence-corrected chi connectivity index (χ0v) is 14.0. The highest BCUT2D eigenvalue weighted by atomic mass is 32.2. The molecule has 1 amide bonds. The molecular weight excluding hydrogens is 296 g/mol. The zero-order valence-electron chi connectivity index (χ0n) is 13.1. The van der Waals surface area contributed by atoms with Crippen LogP contribution in [0.4, 0.5) is 5.82 Å². The summed E-state index contributed by atoms with van der Waals surface area (Å²) in [5, 5.41) is 0.413. The maximum Gasteiger partial charge on any atom is 0.226 e. The molecule has 0 spiro atoms. The van der Waals surface area contributed by atoms with E-state index in [1.807, 2.05) is 11.8 Å². The van der Waals surface area contributed by atoms with Crippen LogP contribution >= 0.6 is 11.8 Å². The molecule has 2 fully saturated rings. The number of piperidine rings is 1. The summed E-state index contributed by atoms with van der Waals surface area (Å²) < 4.78 is 0. The smallest absolute Gasteiger partial charge is 0.226 e. The van der Waals surface area contributed by atoms with Gasteiger partial charge in [0, 0.05) is 43.7 Å². The van der Waals surface area contributed by atoms with Crippen LogP contribution < -0.4 is 4.90 Å². The Morgan fingerprint density at radius 1 is 1.32 bits per heavy atom. The third-order valence-corrected chi connectivity index (χ3v) is 5.82. The van der Waals surface area contributed by atoms with Gasteiger partial charge >= 0.3 is 0 Å². The predicted molar refractivity (Wildman–Crippen MR) is 89.8 cm³/mol. The Balaban J connectivity index is 1.56. The highest BCUT2D eigenvalue weighted by Crippen LogP contribution is 2.31. The fourth-order valence-electron chi connectivity index (χ4n) is 3.30. The molecule has 120 valence electrons. The number of rotatable bonds is 4. The molecule has 2 aliphatic heterocycles. The molecule has 3 rings (SSSR count). The van der Waals surface area contributed by atoms with Gasteiger partial charge in [-0.1, -0.05) is 13.3 Å². The van der Waals surface area contributed by atoms with Gasteiger partial charge < -0.3 is 9.80 Å². The topological polar surface area (TPSA) is 49.3 Å².